The third-order valence-corrected chi connectivity index (χ3v) is 7.96. The van der Waals surface area contributed by atoms with Crippen molar-refractivity contribution in [3.05, 3.63) is 145 Å². The maximum absolute atomic E-state index is 10.3. The van der Waals surface area contributed by atoms with E-state index in [1.54, 1.807) is 0 Å². The molecule has 0 aliphatic rings. The van der Waals surface area contributed by atoms with Crippen LogP contribution in [0, 0.1) is 11.3 Å². The Bertz CT molecular complexity index is 2180. The molecule has 0 radical (unpaired) electrons. The van der Waals surface area contributed by atoms with Crippen molar-refractivity contribution in [3.8, 4) is 28.6 Å². The molecule has 40 heavy (non-hydrogen) atoms. The first-order valence-corrected chi connectivity index (χ1v) is 13.4. The minimum Gasteiger partial charge on any atom is -0.309 e. The molecule has 2 heterocycles. The molecule has 0 bridgehead atoms. The molecule has 0 spiro atoms. The van der Waals surface area contributed by atoms with Crippen LogP contribution in [0.2, 0.25) is 0 Å². The molecule has 6 aromatic carbocycles. The summed E-state index contributed by atoms with van der Waals surface area (Å²) < 4.78 is 4.57. The van der Waals surface area contributed by atoms with E-state index in [0.29, 0.717) is 5.56 Å². The van der Waals surface area contributed by atoms with Crippen molar-refractivity contribution in [1.29, 1.82) is 5.26 Å². The van der Waals surface area contributed by atoms with Crippen LogP contribution in [-0.4, -0.2) is 9.13 Å². The Morgan fingerprint density at radius 2 is 0.875 bits per heavy atom. The van der Waals surface area contributed by atoms with Gasteiger partial charge in [-0.1, -0.05) is 91.0 Å². The summed E-state index contributed by atoms with van der Waals surface area (Å²) in [5.74, 6) is 0. The van der Waals surface area contributed by atoms with Crippen molar-refractivity contribution < 1.29 is 0 Å². The normalized spacial score (nSPS) is 11.5. The molecule has 0 unspecified atom stereocenters. The SMILES string of the molecule is N#Cc1cc(-n2c3ccccc3c3ccccc32)ccc1-c1cccc(-n2c3ccccc3c3ccccc32)c1. The number of hydrogen-bond acceptors (Lipinski definition) is 1. The maximum Gasteiger partial charge on any atom is 0.0998 e. The van der Waals surface area contributed by atoms with Crippen LogP contribution in [0.5, 0.6) is 0 Å². The molecule has 0 amide bonds. The lowest BCUT2D eigenvalue weighted by atomic mass is 9.99. The summed E-state index contributed by atoms with van der Waals surface area (Å²) in [5, 5.41) is 15.2. The summed E-state index contributed by atoms with van der Waals surface area (Å²) in [7, 11) is 0. The number of para-hydroxylation sites is 4. The molecule has 3 heteroatoms. The van der Waals surface area contributed by atoms with Crippen molar-refractivity contribution in [3.63, 3.8) is 0 Å². The highest BCUT2D eigenvalue weighted by molar-refractivity contribution is 6.10. The van der Waals surface area contributed by atoms with E-state index in [2.05, 4.69) is 149 Å². The lowest BCUT2D eigenvalue weighted by Gasteiger charge is -2.13. The van der Waals surface area contributed by atoms with Gasteiger partial charge in [0.15, 0.2) is 0 Å². The van der Waals surface area contributed by atoms with E-state index in [0.717, 1.165) is 33.5 Å². The molecule has 0 saturated carbocycles. The molecular weight excluding hydrogens is 486 g/mol. The third-order valence-electron chi connectivity index (χ3n) is 7.96. The average Bonchev–Trinajstić information content (AvgIpc) is 3.54. The summed E-state index contributed by atoms with van der Waals surface area (Å²) in [5.41, 5.74) is 9.26. The quantitative estimate of drug-likeness (QED) is 0.233. The van der Waals surface area contributed by atoms with Gasteiger partial charge in [0.2, 0.25) is 0 Å². The minimum atomic E-state index is 0.652. The molecule has 3 nitrogen and oxygen atoms in total. The summed E-state index contributed by atoms with van der Waals surface area (Å²) in [6, 6.07) is 51.2. The topological polar surface area (TPSA) is 33.6 Å². The molecule has 2 aromatic heterocycles. The summed E-state index contributed by atoms with van der Waals surface area (Å²) in [6.07, 6.45) is 0. The second-order valence-corrected chi connectivity index (χ2v) is 10.1. The summed E-state index contributed by atoms with van der Waals surface area (Å²) >= 11 is 0. The molecule has 0 atom stereocenters. The van der Waals surface area contributed by atoms with Gasteiger partial charge < -0.3 is 9.13 Å². The molecule has 0 saturated heterocycles. The van der Waals surface area contributed by atoms with E-state index in [4.69, 9.17) is 0 Å². The molecule has 0 fully saturated rings. The Morgan fingerprint density at radius 3 is 1.35 bits per heavy atom. The van der Waals surface area contributed by atoms with Crippen LogP contribution < -0.4 is 0 Å². The van der Waals surface area contributed by atoms with E-state index in [1.807, 2.05) is 6.07 Å². The van der Waals surface area contributed by atoms with E-state index in [9.17, 15) is 5.26 Å². The van der Waals surface area contributed by atoms with Crippen molar-refractivity contribution in [2.45, 2.75) is 0 Å². The monoisotopic (exact) mass is 509 g/mol. The Morgan fingerprint density at radius 1 is 0.425 bits per heavy atom. The first kappa shape index (κ1) is 22.4. The van der Waals surface area contributed by atoms with E-state index in [-0.39, 0.29) is 0 Å². The highest BCUT2D eigenvalue weighted by atomic mass is 15.0. The zero-order valence-electron chi connectivity index (χ0n) is 21.6. The number of fused-ring (bicyclic) bond motifs is 6. The van der Waals surface area contributed by atoms with Gasteiger partial charge in [-0.2, -0.15) is 5.26 Å². The number of rotatable bonds is 3. The number of nitriles is 1. The summed E-state index contributed by atoms with van der Waals surface area (Å²) in [6.45, 7) is 0. The van der Waals surface area contributed by atoms with Crippen LogP contribution in [0.3, 0.4) is 0 Å². The fourth-order valence-electron chi connectivity index (χ4n) is 6.23. The van der Waals surface area contributed by atoms with Crippen LogP contribution >= 0.6 is 0 Å². The smallest absolute Gasteiger partial charge is 0.0998 e. The summed E-state index contributed by atoms with van der Waals surface area (Å²) in [4.78, 5) is 0. The van der Waals surface area contributed by atoms with Crippen molar-refractivity contribution in [2.75, 3.05) is 0 Å². The molecule has 0 N–H and O–H groups in total. The molecule has 0 aliphatic carbocycles. The highest BCUT2D eigenvalue weighted by Gasteiger charge is 2.15. The van der Waals surface area contributed by atoms with E-state index >= 15 is 0 Å². The first-order valence-electron chi connectivity index (χ1n) is 13.4. The zero-order chi connectivity index (χ0) is 26.6. The predicted octanol–water partition coefficient (Wildman–Crippen LogP) is 9.42. The van der Waals surface area contributed by atoms with Crippen LogP contribution in [0.4, 0.5) is 0 Å². The highest BCUT2D eigenvalue weighted by Crippen LogP contribution is 2.36. The van der Waals surface area contributed by atoms with Gasteiger partial charge in [0.25, 0.3) is 0 Å². The van der Waals surface area contributed by atoms with Crippen molar-refractivity contribution in [2.24, 2.45) is 0 Å². The number of hydrogen-bond donors (Lipinski definition) is 0. The lowest BCUT2D eigenvalue weighted by molar-refractivity contribution is 1.17. The fraction of sp³-hybridized carbons (Fsp3) is 0. The Balaban J connectivity index is 1.31. The second kappa shape index (κ2) is 8.73. The number of benzene rings is 6. The lowest BCUT2D eigenvalue weighted by Crippen LogP contribution is -1.97. The van der Waals surface area contributed by atoms with Gasteiger partial charge in [0.05, 0.1) is 33.7 Å². The van der Waals surface area contributed by atoms with E-state index in [1.165, 1.54) is 32.6 Å². The van der Waals surface area contributed by atoms with Gasteiger partial charge in [0.1, 0.15) is 0 Å². The van der Waals surface area contributed by atoms with Crippen LogP contribution in [0.15, 0.2) is 140 Å². The second-order valence-electron chi connectivity index (χ2n) is 10.1. The van der Waals surface area contributed by atoms with Gasteiger partial charge in [-0.25, -0.2) is 0 Å². The maximum atomic E-state index is 10.3. The largest absolute Gasteiger partial charge is 0.309 e. The van der Waals surface area contributed by atoms with Gasteiger partial charge in [-0.3, -0.25) is 0 Å². The van der Waals surface area contributed by atoms with Crippen molar-refractivity contribution >= 4 is 43.6 Å². The van der Waals surface area contributed by atoms with E-state index < -0.39 is 0 Å². The molecule has 8 aromatic rings. The Kier molecular flexibility index (Phi) is 4.89. The zero-order valence-corrected chi connectivity index (χ0v) is 21.6. The van der Waals surface area contributed by atoms with Crippen LogP contribution in [0.25, 0.3) is 66.1 Å². The molecule has 8 rings (SSSR count). The van der Waals surface area contributed by atoms with Crippen LogP contribution in [0.1, 0.15) is 5.56 Å². The van der Waals surface area contributed by atoms with Gasteiger partial charge in [-0.05, 0) is 59.7 Å². The fourth-order valence-corrected chi connectivity index (χ4v) is 6.23. The van der Waals surface area contributed by atoms with Gasteiger partial charge in [0, 0.05) is 32.9 Å². The predicted molar refractivity (Wildman–Crippen MR) is 165 cm³/mol. The average molecular weight is 510 g/mol. The molecule has 186 valence electrons. The van der Waals surface area contributed by atoms with Crippen molar-refractivity contribution in [1.82, 2.24) is 9.13 Å². The standard InChI is InChI=1S/C37H23N3/c38-24-26-23-28(40-36-18-7-3-14-32(36)33-15-4-8-19-37(33)40)20-21-29(26)25-10-9-11-27(22-25)39-34-16-5-1-12-30(34)31-13-2-6-17-35(31)39/h1-23H. The molecule has 0 aliphatic heterocycles. The van der Waals surface area contributed by atoms with Gasteiger partial charge >= 0.3 is 0 Å². The third kappa shape index (κ3) is 3.24. The Labute approximate surface area is 231 Å². The number of nitrogens with zero attached hydrogens (tertiary/aromatic N) is 3. The van der Waals surface area contributed by atoms with Gasteiger partial charge in [-0.15, -0.1) is 0 Å². The minimum absolute atomic E-state index is 0.652. The number of aromatic nitrogens is 2. The Hall–Kier alpha value is -5.59. The van der Waals surface area contributed by atoms with Crippen LogP contribution in [-0.2, 0) is 0 Å². The first-order chi connectivity index (χ1) is 19.8. The molecular formula is C37H23N3.